The van der Waals surface area contributed by atoms with Crippen LogP contribution >= 0.6 is 0 Å². The maximum atomic E-state index is 14.1. The molecule has 0 spiro atoms. The second-order valence-corrected chi connectivity index (χ2v) is 6.76. The number of halogens is 3. The molecule has 0 radical (unpaired) electrons. The minimum Gasteiger partial charge on any atom is -0.369 e. The molecule has 1 amide bonds. The van der Waals surface area contributed by atoms with Gasteiger partial charge < -0.3 is 11.1 Å². The van der Waals surface area contributed by atoms with Gasteiger partial charge in [-0.2, -0.15) is 13.2 Å². The molecule has 1 aliphatic heterocycles. The summed E-state index contributed by atoms with van der Waals surface area (Å²) in [5, 5.41) is 3.16. The summed E-state index contributed by atoms with van der Waals surface area (Å²) in [5.41, 5.74) is 3.40. The minimum atomic E-state index is -4.66. The van der Waals surface area contributed by atoms with Crippen molar-refractivity contribution in [3.05, 3.63) is 35.9 Å². The molecular weight excluding hydrogens is 305 g/mol. The summed E-state index contributed by atoms with van der Waals surface area (Å²) in [6.07, 6.45) is -3.90. The Morgan fingerprint density at radius 1 is 1.17 bits per heavy atom. The van der Waals surface area contributed by atoms with Gasteiger partial charge in [-0.15, -0.1) is 0 Å². The molecule has 0 aromatic heterocycles. The SMILES string of the molecule is NC(=O)C(Cc1ccccc1)(C1CCC2CNCC21)C(F)(F)F. The third-order valence-electron chi connectivity index (χ3n) is 5.66. The number of primary amides is 1. The molecule has 1 saturated carbocycles. The van der Waals surface area contributed by atoms with Gasteiger partial charge in [0, 0.05) is 0 Å². The summed E-state index contributed by atoms with van der Waals surface area (Å²) >= 11 is 0. The summed E-state index contributed by atoms with van der Waals surface area (Å²) in [5.74, 6) is -1.91. The smallest absolute Gasteiger partial charge is 0.369 e. The zero-order chi connectivity index (χ0) is 16.7. The Morgan fingerprint density at radius 2 is 1.87 bits per heavy atom. The first-order chi connectivity index (χ1) is 10.9. The zero-order valence-corrected chi connectivity index (χ0v) is 12.8. The van der Waals surface area contributed by atoms with Gasteiger partial charge in [0.1, 0.15) is 0 Å². The van der Waals surface area contributed by atoms with Crippen molar-refractivity contribution in [1.29, 1.82) is 0 Å². The number of fused-ring (bicyclic) bond motifs is 1. The number of hydrogen-bond donors (Lipinski definition) is 2. The van der Waals surface area contributed by atoms with E-state index in [4.69, 9.17) is 5.73 Å². The molecule has 1 aliphatic carbocycles. The van der Waals surface area contributed by atoms with Gasteiger partial charge in [0.15, 0.2) is 5.41 Å². The third kappa shape index (κ3) is 2.63. The predicted molar refractivity (Wildman–Crippen MR) is 80.4 cm³/mol. The summed E-state index contributed by atoms with van der Waals surface area (Å²) in [6, 6.07) is 8.37. The Labute approximate surface area is 133 Å². The fraction of sp³-hybridized carbons (Fsp3) is 0.588. The van der Waals surface area contributed by atoms with Crippen molar-refractivity contribution >= 4 is 5.91 Å². The van der Waals surface area contributed by atoms with Crippen LogP contribution in [0.2, 0.25) is 0 Å². The van der Waals surface area contributed by atoms with Gasteiger partial charge in [0.2, 0.25) is 5.91 Å². The molecule has 23 heavy (non-hydrogen) atoms. The molecule has 4 atom stereocenters. The lowest BCUT2D eigenvalue weighted by Crippen LogP contribution is -2.56. The number of alkyl halides is 3. The maximum absolute atomic E-state index is 14.1. The van der Waals surface area contributed by atoms with E-state index in [1.54, 1.807) is 30.3 Å². The molecule has 6 heteroatoms. The Morgan fingerprint density at radius 3 is 2.48 bits per heavy atom. The Kier molecular flexibility index (Phi) is 4.12. The van der Waals surface area contributed by atoms with E-state index in [1.807, 2.05) is 0 Å². The highest BCUT2D eigenvalue weighted by atomic mass is 19.4. The van der Waals surface area contributed by atoms with Crippen molar-refractivity contribution in [2.75, 3.05) is 13.1 Å². The highest BCUT2D eigenvalue weighted by Gasteiger charge is 2.66. The highest BCUT2D eigenvalue weighted by molar-refractivity contribution is 5.82. The molecule has 1 heterocycles. The molecule has 126 valence electrons. The number of amides is 1. The fourth-order valence-corrected chi connectivity index (χ4v) is 4.53. The predicted octanol–water partition coefficient (Wildman–Crippen LogP) is 2.51. The normalized spacial score (nSPS) is 30.0. The van der Waals surface area contributed by atoms with Crippen molar-refractivity contribution in [3.63, 3.8) is 0 Å². The Balaban J connectivity index is 2.04. The average molecular weight is 326 g/mol. The molecule has 1 saturated heterocycles. The van der Waals surface area contributed by atoms with Crippen LogP contribution in [0.3, 0.4) is 0 Å². The molecule has 2 aliphatic rings. The number of nitrogens with one attached hydrogen (secondary N) is 1. The summed E-state index contributed by atoms with van der Waals surface area (Å²) in [7, 11) is 0. The van der Waals surface area contributed by atoms with Crippen molar-refractivity contribution in [2.24, 2.45) is 28.9 Å². The lowest BCUT2D eigenvalue weighted by molar-refractivity contribution is -0.239. The number of carbonyl (C=O) groups is 1. The maximum Gasteiger partial charge on any atom is 0.403 e. The van der Waals surface area contributed by atoms with Gasteiger partial charge in [0.25, 0.3) is 0 Å². The van der Waals surface area contributed by atoms with Gasteiger partial charge >= 0.3 is 6.18 Å². The van der Waals surface area contributed by atoms with Crippen molar-refractivity contribution in [1.82, 2.24) is 5.32 Å². The summed E-state index contributed by atoms with van der Waals surface area (Å²) in [6.45, 7) is 1.27. The van der Waals surface area contributed by atoms with Crippen LogP contribution in [-0.4, -0.2) is 25.2 Å². The topological polar surface area (TPSA) is 55.1 Å². The number of carbonyl (C=O) groups excluding carboxylic acids is 1. The number of nitrogens with two attached hydrogens (primary N) is 1. The van der Waals surface area contributed by atoms with Crippen molar-refractivity contribution < 1.29 is 18.0 Å². The van der Waals surface area contributed by atoms with E-state index < -0.39 is 23.4 Å². The standard InChI is InChI=1S/C17H21F3N2O/c18-17(19,20)16(15(21)23,8-11-4-2-1-3-5-11)14-7-6-12-9-22-10-13(12)14/h1-5,12-14,22H,6-10H2,(H2,21,23). The quantitative estimate of drug-likeness (QED) is 0.893. The summed E-state index contributed by atoms with van der Waals surface area (Å²) in [4.78, 5) is 12.1. The largest absolute Gasteiger partial charge is 0.403 e. The summed E-state index contributed by atoms with van der Waals surface area (Å²) < 4.78 is 42.3. The minimum absolute atomic E-state index is 0.132. The zero-order valence-electron chi connectivity index (χ0n) is 12.8. The molecule has 1 aromatic carbocycles. The molecule has 0 bridgehead atoms. The van der Waals surface area contributed by atoms with Gasteiger partial charge in [-0.25, -0.2) is 0 Å². The monoisotopic (exact) mass is 326 g/mol. The molecule has 3 N–H and O–H groups in total. The van der Waals surface area contributed by atoms with Gasteiger partial charge in [-0.3, -0.25) is 4.79 Å². The van der Waals surface area contributed by atoms with Crippen LogP contribution < -0.4 is 11.1 Å². The molecule has 2 fully saturated rings. The van der Waals surface area contributed by atoms with E-state index in [1.165, 1.54) is 0 Å². The second-order valence-electron chi connectivity index (χ2n) is 6.76. The first-order valence-electron chi connectivity index (χ1n) is 7.97. The molecule has 3 rings (SSSR count). The lowest BCUT2D eigenvalue weighted by atomic mass is 9.65. The van der Waals surface area contributed by atoms with Crippen LogP contribution in [0, 0.1) is 23.2 Å². The van der Waals surface area contributed by atoms with E-state index in [2.05, 4.69) is 5.32 Å². The van der Waals surface area contributed by atoms with E-state index in [9.17, 15) is 18.0 Å². The molecule has 1 aromatic rings. The number of hydrogen-bond acceptors (Lipinski definition) is 2. The molecule has 3 nitrogen and oxygen atoms in total. The molecular formula is C17H21F3N2O. The average Bonchev–Trinajstić information content (AvgIpc) is 3.07. The van der Waals surface area contributed by atoms with Crippen LogP contribution in [0.4, 0.5) is 13.2 Å². The van der Waals surface area contributed by atoms with Gasteiger partial charge in [-0.05, 0) is 55.7 Å². The van der Waals surface area contributed by atoms with Crippen LogP contribution in [-0.2, 0) is 11.2 Å². The van der Waals surface area contributed by atoms with E-state index >= 15 is 0 Å². The molecule has 4 unspecified atom stereocenters. The van der Waals surface area contributed by atoms with Crippen molar-refractivity contribution in [3.8, 4) is 0 Å². The number of rotatable bonds is 4. The second kappa shape index (κ2) is 5.82. The fourth-order valence-electron chi connectivity index (χ4n) is 4.53. The third-order valence-corrected chi connectivity index (χ3v) is 5.66. The van der Waals surface area contributed by atoms with Crippen LogP contribution in [0.1, 0.15) is 18.4 Å². The Hall–Kier alpha value is -1.56. The van der Waals surface area contributed by atoms with E-state index in [0.717, 1.165) is 13.0 Å². The number of benzene rings is 1. The van der Waals surface area contributed by atoms with E-state index in [0.29, 0.717) is 18.5 Å². The highest BCUT2D eigenvalue weighted by Crippen LogP contribution is 2.56. The van der Waals surface area contributed by atoms with Crippen LogP contribution in [0.25, 0.3) is 0 Å². The first kappa shape index (κ1) is 16.3. The van der Waals surface area contributed by atoms with Crippen LogP contribution in [0.15, 0.2) is 30.3 Å². The lowest BCUT2D eigenvalue weighted by Gasteiger charge is -2.40. The van der Waals surface area contributed by atoms with Crippen molar-refractivity contribution in [2.45, 2.75) is 25.4 Å². The van der Waals surface area contributed by atoms with Gasteiger partial charge in [-0.1, -0.05) is 30.3 Å². The van der Waals surface area contributed by atoms with Crippen LogP contribution in [0.5, 0.6) is 0 Å². The van der Waals surface area contributed by atoms with E-state index in [-0.39, 0.29) is 18.3 Å². The van der Waals surface area contributed by atoms with Gasteiger partial charge in [0.05, 0.1) is 0 Å². The first-order valence-corrected chi connectivity index (χ1v) is 7.97. The Bertz CT molecular complexity index is 575.